The van der Waals surface area contributed by atoms with Gasteiger partial charge in [-0.1, -0.05) is 19.9 Å². The molecule has 9 heteroatoms. The summed E-state index contributed by atoms with van der Waals surface area (Å²) in [6.45, 7) is 4.48. The van der Waals surface area contributed by atoms with Gasteiger partial charge in [0.1, 0.15) is 5.75 Å². The molecule has 1 aromatic carbocycles. The fourth-order valence-corrected chi connectivity index (χ4v) is 4.88. The van der Waals surface area contributed by atoms with E-state index >= 15 is 0 Å². The van der Waals surface area contributed by atoms with Gasteiger partial charge in [-0.15, -0.1) is 0 Å². The Morgan fingerprint density at radius 3 is 2.66 bits per heavy atom. The Kier molecular flexibility index (Phi) is 5.77. The molecule has 2 aromatic heterocycles. The third-order valence-electron chi connectivity index (χ3n) is 5.45. The van der Waals surface area contributed by atoms with Gasteiger partial charge in [0.15, 0.2) is 0 Å². The van der Waals surface area contributed by atoms with Gasteiger partial charge >= 0.3 is 0 Å². The second-order valence-electron chi connectivity index (χ2n) is 8.27. The molecule has 168 valence electrons. The number of rotatable bonds is 8. The summed E-state index contributed by atoms with van der Waals surface area (Å²) >= 11 is 0. The predicted octanol–water partition coefficient (Wildman–Crippen LogP) is 3.21. The molecule has 2 heterocycles. The van der Waals surface area contributed by atoms with E-state index < -0.39 is 21.3 Å². The molecule has 32 heavy (non-hydrogen) atoms. The summed E-state index contributed by atoms with van der Waals surface area (Å²) < 4.78 is 39.7. The Hall–Kier alpha value is -3.20. The number of amides is 1. The summed E-state index contributed by atoms with van der Waals surface area (Å²) in [4.78, 5) is 21.7. The van der Waals surface area contributed by atoms with E-state index in [1.807, 2.05) is 13.8 Å². The van der Waals surface area contributed by atoms with Crippen molar-refractivity contribution in [2.75, 3.05) is 13.7 Å². The Morgan fingerprint density at radius 2 is 1.97 bits per heavy atom. The van der Waals surface area contributed by atoms with Crippen molar-refractivity contribution in [3.63, 3.8) is 0 Å². The van der Waals surface area contributed by atoms with Crippen LogP contribution in [0.4, 0.5) is 0 Å². The molecular formula is C23H25N3O5S. The van der Waals surface area contributed by atoms with E-state index in [-0.39, 0.29) is 10.8 Å². The molecule has 3 aromatic rings. The fraction of sp³-hybridized carbons (Fsp3) is 0.348. The first-order chi connectivity index (χ1) is 15.3. The molecule has 0 saturated heterocycles. The first kappa shape index (κ1) is 22.0. The number of ether oxygens (including phenoxy) is 2. The van der Waals surface area contributed by atoms with Crippen molar-refractivity contribution in [3.8, 4) is 11.6 Å². The van der Waals surface area contributed by atoms with Crippen LogP contribution < -0.4 is 14.2 Å². The lowest BCUT2D eigenvalue weighted by Crippen LogP contribution is -2.39. The minimum atomic E-state index is -4.12. The quantitative estimate of drug-likeness (QED) is 0.556. The zero-order valence-electron chi connectivity index (χ0n) is 18.2. The Labute approximate surface area is 187 Å². The molecule has 4 rings (SSSR count). The number of methoxy groups -OCH3 is 1. The molecule has 1 aliphatic carbocycles. The average molecular weight is 456 g/mol. The van der Waals surface area contributed by atoms with Crippen molar-refractivity contribution in [1.82, 2.24) is 14.7 Å². The molecule has 0 spiro atoms. The van der Waals surface area contributed by atoms with Crippen LogP contribution in [-0.4, -0.2) is 38.0 Å². The first-order valence-electron chi connectivity index (χ1n) is 10.3. The third kappa shape index (κ3) is 4.12. The van der Waals surface area contributed by atoms with Gasteiger partial charge in [0.2, 0.25) is 11.8 Å². The summed E-state index contributed by atoms with van der Waals surface area (Å²) in [6, 6.07) is 9.77. The topological polar surface area (TPSA) is 107 Å². The molecule has 0 unspecified atom stereocenters. The van der Waals surface area contributed by atoms with E-state index in [0.717, 1.165) is 0 Å². The van der Waals surface area contributed by atoms with Crippen LogP contribution in [-0.2, 0) is 20.2 Å². The fourth-order valence-electron chi connectivity index (χ4n) is 3.61. The number of nitrogens with zero attached hydrogens (tertiary/aromatic N) is 2. The molecule has 0 radical (unpaired) electrons. The number of nitrogens with one attached hydrogen (secondary N) is 1. The van der Waals surface area contributed by atoms with E-state index in [1.165, 1.54) is 19.4 Å². The van der Waals surface area contributed by atoms with Crippen LogP contribution in [0.5, 0.6) is 11.6 Å². The van der Waals surface area contributed by atoms with Crippen molar-refractivity contribution < 1.29 is 22.7 Å². The molecular weight excluding hydrogens is 430 g/mol. The van der Waals surface area contributed by atoms with E-state index in [9.17, 15) is 13.2 Å². The lowest BCUT2D eigenvalue weighted by Gasteiger charge is -2.20. The Morgan fingerprint density at radius 1 is 1.19 bits per heavy atom. The van der Waals surface area contributed by atoms with E-state index in [4.69, 9.17) is 9.47 Å². The van der Waals surface area contributed by atoms with Crippen LogP contribution in [0.15, 0.2) is 53.7 Å². The number of sulfonamides is 1. The maximum Gasteiger partial charge on any atom is 0.264 e. The van der Waals surface area contributed by atoms with Crippen LogP contribution in [0.1, 0.15) is 32.3 Å². The van der Waals surface area contributed by atoms with Crippen LogP contribution in [0.3, 0.4) is 0 Å². The van der Waals surface area contributed by atoms with Crippen molar-refractivity contribution in [3.05, 3.63) is 54.4 Å². The van der Waals surface area contributed by atoms with Crippen LogP contribution in [0.25, 0.3) is 10.9 Å². The van der Waals surface area contributed by atoms with Gasteiger partial charge in [-0.3, -0.25) is 9.78 Å². The minimum Gasteiger partial charge on any atom is -0.491 e. The smallest absolute Gasteiger partial charge is 0.264 e. The summed E-state index contributed by atoms with van der Waals surface area (Å²) in [7, 11) is -2.63. The number of hydrogen-bond donors (Lipinski definition) is 1. The molecule has 1 amide bonds. The summed E-state index contributed by atoms with van der Waals surface area (Å²) in [5.74, 6) is 0.466. The van der Waals surface area contributed by atoms with Gasteiger partial charge in [0, 0.05) is 23.2 Å². The van der Waals surface area contributed by atoms with Crippen molar-refractivity contribution in [1.29, 1.82) is 0 Å². The van der Waals surface area contributed by atoms with Gasteiger partial charge in [-0.2, -0.15) is 0 Å². The molecule has 1 aliphatic rings. The zero-order valence-corrected chi connectivity index (χ0v) is 19.0. The van der Waals surface area contributed by atoms with E-state index in [2.05, 4.69) is 14.7 Å². The van der Waals surface area contributed by atoms with E-state index in [0.29, 0.717) is 47.5 Å². The number of aromatic nitrogens is 2. The monoisotopic (exact) mass is 455 g/mol. The van der Waals surface area contributed by atoms with Gasteiger partial charge in [0.25, 0.3) is 10.0 Å². The maximum atomic E-state index is 13.3. The SMILES string of the molecule is COc1cc(C2(C(=O)NS(=O)(=O)c3cccc4ncccc34)CC2)c(OCC(C)C)cn1. The number of fused-ring (bicyclic) bond motifs is 1. The molecule has 8 nitrogen and oxygen atoms in total. The average Bonchev–Trinajstić information content (AvgIpc) is 3.59. The number of hydrogen-bond acceptors (Lipinski definition) is 7. The second kappa shape index (κ2) is 8.38. The molecule has 1 N–H and O–H groups in total. The highest BCUT2D eigenvalue weighted by Crippen LogP contribution is 2.52. The van der Waals surface area contributed by atoms with Gasteiger partial charge in [-0.25, -0.2) is 18.1 Å². The molecule has 0 aliphatic heterocycles. The summed E-state index contributed by atoms with van der Waals surface area (Å²) in [5.41, 5.74) is 0.0998. The largest absolute Gasteiger partial charge is 0.491 e. The summed E-state index contributed by atoms with van der Waals surface area (Å²) in [5, 5.41) is 0.451. The lowest BCUT2D eigenvalue weighted by atomic mass is 9.95. The molecule has 0 atom stereocenters. The standard InChI is InChI=1S/C23H25N3O5S/c1-15(2)14-31-19-13-25-21(30-3)12-17(19)23(9-10-23)22(27)26-32(28,29)20-8-4-7-18-16(20)6-5-11-24-18/h4-8,11-13,15H,9-10,14H2,1-3H3,(H,26,27). The predicted molar refractivity (Wildman–Crippen MR) is 119 cm³/mol. The van der Waals surface area contributed by atoms with Gasteiger partial charge < -0.3 is 9.47 Å². The molecule has 1 saturated carbocycles. The van der Waals surface area contributed by atoms with Gasteiger partial charge in [0.05, 0.1) is 35.7 Å². The van der Waals surface area contributed by atoms with Crippen LogP contribution in [0.2, 0.25) is 0 Å². The van der Waals surface area contributed by atoms with Crippen molar-refractivity contribution >= 4 is 26.8 Å². The maximum absolute atomic E-state index is 13.3. The summed E-state index contributed by atoms with van der Waals surface area (Å²) in [6.07, 6.45) is 4.11. The number of pyridine rings is 2. The van der Waals surface area contributed by atoms with Crippen molar-refractivity contribution in [2.45, 2.75) is 37.0 Å². The minimum absolute atomic E-state index is 0.0100. The van der Waals surface area contributed by atoms with E-state index in [1.54, 1.807) is 36.5 Å². The van der Waals surface area contributed by atoms with Gasteiger partial charge in [-0.05, 0) is 43.0 Å². The highest BCUT2D eigenvalue weighted by Gasteiger charge is 2.54. The number of carbonyl (C=O) groups is 1. The molecule has 1 fully saturated rings. The number of benzene rings is 1. The zero-order chi connectivity index (χ0) is 22.9. The third-order valence-corrected chi connectivity index (χ3v) is 6.84. The lowest BCUT2D eigenvalue weighted by molar-refractivity contribution is -0.121. The second-order valence-corrected chi connectivity index (χ2v) is 9.92. The Bertz CT molecular complexity index is 1260. The molecule has 0 bridgehead atoms. The Balaban J connectivity index is 1.68. The van der Waals surface area contributed by atoms with Crippen LogP contribution in [0, 0.1) is 5.92 Å². The first-order valence-corrected chi connectivity index (χ1v) is 11.8. The highest BCUT2D eigenvalue weighted by atomic mass is 32.2. The van der Waals surface area contributed by atoms with Crippen molar-refractivity contribution in [2.24, 2.45) is 5.92 Å². The van der Waals surface area contributed by atoms with Crippen LogP contribution >= 0.6 is 0 Å². The normalized spacial score (nSPS) is 14.9. The number of carbonyl (C=O) groups excluding carboxylic acids is 1. The highest BCUT2D eigenvalue weighted by molar-refractivity contribution is 7.90.